The summed E-state index contributed by atoms with van der Waals surface area (Å²) in [5.74, 6) is 0.0934. The Morgan fingerprint density at radius 1 is 1.73 bits per heavy atom. The molecule has 3 nitrogen and oxygen atoms in total. The number of likely N-dealkylation sites (N-methyl/N-ethyl adjacent to an activating group) is 1. The van der Waals surface area contributed by atoms with Crippen molar-refractivity contribution in [2.45, 2.75) is 6.42 Å². The van der Waals surface area contributed by atoms with Gasteiger partial charge in [0.25, 0.3) is 0 Å². The Labute approximate surface area is 69.7 Å². The van der Waals surface area contributed by atoms with Gasteiger partial charge < -0.3 is 4.90 Å². The van der Waals surface area contributed by atoms with Crippen LogP contribution < -0.4 is 0 Å². The Hall–Kier alpha value is -0.900. The Kier molecular flexibility index (Phi) is 2.59. The molecule has 0 aliphatic carbocycles. The lowest BCUT2D eigenvalue weighted by molar-refractivity contribution is -0.128. The predicted molar refractivity (Wildman–Crippen MR) is 44.5 cm³/mol. The highest BCUT2D eigenvalue weighted by molar-refractivity contribution is 7.07. The van der Waals surface area contributed by atoms with Crippen molar-refractivity contribution in [2.75, 3.05) is 14.1 Å². The summed E-state index contributed by atoms with van der Waals surface area (Å²) in [6.45, 7) is 0. The van der Waals surface area contributed by atoms with Crippen LogP contribution >= 0.6 is 11.3 Å². The van der Waals surface area contributed by atoms with E-state index in [1.54, 1.807) is 24.5 Å². The van der Waals surface area contributed by atoms with E-state index in [0.29, 0.717) is 6.42 Å². The van der Waals surface area contributed by atoms with E-state index >= 15 is 0 Å². The van der Waals surface area contributed by atoms with Crippen molar-refractivity contribution in [3.05, 3.63) is 16.6 Å². The first-order valence-corrected chi connectivity index (χ1v) is 4.21. The van der Waals surface area contributed by atoms with E-state index in [9.17, 15) is 4.79 Å². The van der Waals surface area contributed by atoms with Gasteiger partial charge in [-0.3, -0.25) is 4.79 Å². The topological polar surface area (TPSA) is 33.2 Å². The van der Waals surface area contributed by atoms with Crippen molar-refractivity contribution in [1.29, 1.82) is 0 Å². The summed E-state index contributed by atoms with van der Waals surface area (Å²) in [4.78, 5) is 16.7. The molecule has 0 fully saturated rings. The summed E-state index contributed by atoms with van der Waals surface area (Å²) in [7, 11) is 3.49. The van der Waals surface area contributed by atoms with Crippen LogP contribution in [0.4, 0.5) is 0 Å². The second-order valence-corrected chi connectivity index (χ2v) is 3.16. The number of aromatic nitrogens is 1. The van der Waals surface area contributed by atoms with Gasteiger partial charge in [0.15, 0.2) is 0 Å². The van der Waals surface area contributed by atoms with Crippen LogP contribution in [0.15, 0.2) is 10.9 Å². The maximum Gasteiger partial charge on any atom is 0.228 e. The number of thiazole rings is 1. The standard InChI is InChI=1S/C7H10N2OS/c1-9(2)7(10)3-6-4-11-5-8-6/h4-5H,3H2,1-2H3. The summed E-state index contributed by atoms with van der Waals surface area (Å²) in [6, 6.07) is 0. The van der Waals surface area contributed by atoms with Gasteiger partial charge in [0.2, 0.25) is 5.91 Å². The molecular weight excluding hydrogens is 160 g/mol. The normalized spacial score (nSPS) is 9.64. The van der Waals surface area contributed by atoms with E-state index in [0.717, 1.165) is 5.69 Å². The maximum atomic E-state index is 11.1. The minimum Gasteiger partial charge on any atom is -0.348 e. The van der Waals surface area contributed by atoms with Crippen LogP contribution in [0, 0.1) is 0 Å². The zero-order valence-electron chi connectivity index (χ0n) is 6.57. The van der Waals surface area contributed by atoms with E-state index in [1.807, 2.05) is 5.38 Å². The Bertz CT molecular complexity index is 231. The smallest absolute Gasteiger partial charge is 0.228 e. The first-order chi connectivity index (χ1) is 5.20. The van der Waals surface area contributed by atoms with Crippen molar-refractivity contribution in [1.82, 2.24) is 9.88 Å². The molecule has 0 unspecified atom stereocenters. The molecule has 1 rings (SSSR count). The van der Waals surface area contributed by atoms with Gasteiger partial charge in [0, 0.05) is 19.5 Å². The van der Waals surface area contributed by atoms with E-state index in [2.05, 4.69) is 4.98 Å². The molecule has 1 heterocycles. The molecule has 0 N–H and O–H groups in total. The zero-order valence-corrected chi connectivity index (χ0v) is 7.39. The summed E-state index contributed by atoms with van der Waals surface area (Å²) in [5.41, 5.74) is 2.59. The minimum absolute atomic E-state index is 0.0934. The summed E-state index contributed by atoms with van der Waals surface area (Å²) < 4.78 is 0. The molecule has 0 spiro atoms. The fourth-order valence-corrected chi connectivity index (χ4v) is 1.20. The second-order valence-electron chi connectivity index (χ2n) is 2.44. The van der Waals surface area contributed by atoms with Crippen molar-refractivity contribution in [2.24, 2.45) is 0 Å². The SMILES string of the molecule is CN(C)C(=O)Cc1cscn1. The fraction of sp³-hybridized carbons (Fsp3) is 0.429. The molecule has 4 heteroatoms. The Morgan fingerprint density at radius 3 is 2.91 bits per heavy atom. The van der Waals surface area contributed by atoms with Gasteiger partial charge in [-0.25, -0.2) is 4.98 Å². The molecule has 1 amide bonds. The monoisotopic (exact) mass is 170 g/mol. The van der Waals surface area contributed by atoms with E-state index < -0.39 is 0 Å². The van der Waals surface area contributed by atoms with Gasteiger partial charge in [0.05, 0.1) is 17.6 Å². The number of amides is 1. The molecule has 0 radical (unpaired) electrons. The first-order valence-electron chi connectivity index (χ1n) is 3.27. The molecule has 0 aromatic carbocycles. The molecular formula is C7H10N2OS. The quantitative estimate of drug-likeness (QED) is 0.657. The van der Waals surface area contributed by atoms with Crippen molar-refractivity contribution in [3.63, 3.8) is 0 Å². The number of carbonyl (C=O) groups is 1. The average Bonchev–Trinajstić information content (AvgIpc) is 2.39. The van der Waals surface area contributed by atoms with Crippen LogP contribution in [0.25, 0.3) is 0 Å². The number of nitrogens with zero attached hydrogens (tertiary/aromatic N) is 2. The summed E-state index contributed by atoms with van der Waals surface area (Å²) >= 11 is 1.51. The largest absolute Gasteiger partial charge is 0.348 e. The third kappa shape index (κ3) is 2.31. The molecule has 0 atom stereocenters. The molecule has 1 aromatic heterocycles. The number of hydrogen-bond donors (Lipinski definition) is 0. The van der Waals surface area contributed by atoms with Crippen LogP contribution in [0.5, 0.6) is 0 Å². The summed E-state index contributed by atoms with van der Waals surface area (Å²) in [6.07, 6.45) is 0.413. The number of rotatable bonds is 2. The van der Waals surface area contributed by atoms with Gasteiger partial charge >= 0.3 is 0 Å². The summed E-state index contributed by atoms with van der Waals surface area (Å²) in [5, 5.41) is 1.89. The highest BCUT2D eigenvalue weighted by atomic mass is 32.1. The average molecular weight is 170 g/mol. The lowest BCUT2D eigenvalue weighted by Gasteiger charge is -2.07. The van der Waals surface area contributed by atoms with Gasteiger partial charge in [-0.15, -0.1) is 11.3 Å². The van der Waals surface area contributed by atoms with Crippen molar-refractivity contribution >= 4 is 17.2 Å². The van der Waals surface area contributed by atoms with Crippen LogP contribution in [-0.4, -0.2) is 29.9 Å². The first kappa shape index (κ1) is 8.20. The molecule has 0 bridgehead atoms. The number of hydrogen-bond acceptors (Lipinski definition) is 3. The van der Waals surface area contributed by atoms with Gasteiger partial charge in [-0.05, 0) is 0 Å². The van der Waals surface area contributed by atoms with Crippen molar-refractivity contribution in [3.8, 4) is 0 Å². The molecule has 0 aliphatic rings. The lowest BCUT2D eigenvalue weighted by atomic mass is 10.3. The highest BCUT2D eigenvalue weighted by Gasteiger charge is 2.05. The third-order valence-electron chi connectivity index (χ3n) is 1.31. The van der Waals surface area contributed by atoms with Crippen LogP contribution in [0.2, 0.25) is 0 Å². The van der Waals surface area contributed by atoms with E-state index in [4.69, 9.17) is 0 Å². The fourth-order valence-electron chi connectivity index (χ4n) is 0.638. The predicted octanol–water partition coefficient (Wildman–Crippen LogP) is 0.774. The lowest BCUT2D eigenvalue weighted by Crippen LogP contribution is -2.23. The van der Waals surface area contributed by atoms with E-state index in [-0.39, 0.29) is 5.91 Å². The molecule has 0 saturated carbocycles. The Morgan fingerprint density at radius 2 is 2.45 bits per heavy atom. The third-order valence-corrected chi connectivity index (χ3v) is 1.95. The molecule has 11 heavy (non-hydrogen) atoms. The van der Waals surface area contributed by atoms with Crippen LogP contribution in [-0.2, 0) is 11.2 Å². The van der Waals surface area contributed by atoms with Crippen LogP contribution in [0.3, 0.4) is 0 Å². The van der Waals surface area contributed by atoms with Gasteiger partial charge in [0.1, 0.15) is 0 Å². The van der Waals surface area contributed by atoms with Crippen LogP contribution in [0.1, 0.15) is 5.69 Å². The van der Waals surface area contributed by atoms with Gasteiger partial charge in [-0.2, -0.15) is 0 Å². The maximum absolute atomic E-state index is 11.1. The Balaban J connectivity index is 2.50. The molecule has 1 aromatic rings. The van der Waals surface area contributed by atoms with Gasteiger partial charge in [-0.1, -0.05) is 0 Å². The number of carbonyl (C=O) groups excluding carboxylic acids is 1. The molecule has 0 saturated heterocycles. The molecule has 0 aliphatic heterocycles. The van der Waals surface area contributed by atoms with E-state index in [1.165, 1.54) is 11.3 Å². The highest BCUT2D eigenvalue weighted by Crippen LogP contribution is 2.02. The van der Waals surface area contributed by atoms with Crippen molar-refractivity contribution < 1.29 is 4.79 Å². The zero-order chi connectivity index (χ0) is 8.27. The second kappa shape index (κ2) is 3.48. The minimum atomic E-state index is 0.0934. The molecule has 60 valence electrons.